The molecule has 3 heteroatoms. The molecule has 0 spiro atoms. The predicted octanol–water partition coefficient (Wildman–Crippen LogP) is 3.01. The molecule has 0 aromatic heterocycles. The first kappa shape index (κ1) is 11.5. The van der Waals surface area contributed by atoms with Crippen molar-refractivity contribution in [3.63, 3.8) is 0 Å². The highest BCUT2D eigenvalue weighted by Crippen LogP contribution is 2.26. The zero-order chi connectivity index (χ0) is 12.3. The van der Waals surface area contributed by atoms with Gasteiger partial charge in [-0.15, -0.1) is 0 Å². The molecule has 0 aliphatic carbocycles. The minimum absolute atomic E-state index is 0.232. The lowest BCUT2D eigenvalue weighted by Crippen LogP contribution is -1.99. The van der Waals surface area contributed by atoms with Crippen molar-refractivity contribution in [3.8, 4) is 5.75 Å². The highest BCUT2D eigenvalue weighted by atomic mass is 19.1. The lowest BCUT2D eigenvalue weighted by Gasteiger charge is -2.10. The summed E-state index contributed by atoms with van der Waals surface area (Å²) in [7, 11) is 1.58. The number of hydrogen-bond donors (Lipinski definition) is 1. The maximum Gasteiger partial charge on any atom is 0.142 e. The van der Waals surface area contributed by atoms with Crippen LogP contribution in [0.25, 0.3) is 0 Å². The van der Waals surface area contributed by atoms with E-state index in [0.717, 1.165) is 11.1 Å². The molecular weight excluding hydrogens is 217 g/mol. The Hall–Kier alpha value is -2.03. The summed E-state index contributed by atoms with van der Waals surface area (Å²) in [5.41, 5.74) is 8.40. The Morgan fingerprint density at radius 1 is 1.18 bits per heavy atom. The van der Waals surface area contributed by atoms with Crippen molar-refractivity contribution in [1.29, 1.82) is 0 Å². The van der Waals surface area contributed by atoms with Gasteiger partial charge in [-0.3, -0.25) is 0 Å². The lowest BCUT2D eigenvalue weighted by atomic mass is 10.0. The Morgan fingerprint density at radius 3 is 2.65 bits per heavy atom. The summed E-state index contributed by atoms with van der Waals surface area (Å²) >= 11 is 0. The van der Waals surface area contributed by atoms with Gasteiger partial charge in [-0.25, -0.2) is 4.39 Å². The molecule has 2 nitrogen and oxygen atoms in total. The smallest absolute Gasteiger partial charge is 0.142 e. The van der Waals surface area contributed by atoms with E-state index in [1.54, 1.807) is 13.2 Å². The second kappa shape index (κ2) is 4.87. The summed E-state index contributed by atoms with van der Waals surface area (Å²) in [5, 5.41) is 0. The number of hydrogen-bond acceptors (Lipinski definition) is 2. The topological polar surface area (TPSA) is 35.2 Å². The van der Waals surface area contributed by atoms with Crippen LogP contribution in [-0.2, 0) is 6.42 Å². The fourth-order valence-electron chi connectivity index (χ4n) is 1.79. The maximum atomic E-state index is 13.1. The average Bonchev–Trinajstić information content (AvgIpc) is 2.32. The molecule has 2 aromatic rings. The second-order valence-corrected chi connectivity index (χ2v) is 3.84. The monoisotopic (exact) mass is 231 g/mol. The SMILES string of the molecule is COc1cccc(Cc2cccc(F)c2)c1N. The first-order valence-corrected chi connectivity index (χ1v) is 5.36. The van der Waals surface area contributed by atoms with E-state index in [9.17, 15) is 4.39 Å². The van der Waals surface area contributed by atoms with Crippen LogP contribution in [0.15, 0.2) is 42.5 Å². The highest BCUT2D eigenvalue weighted by molar-refractivity contribution is 5.59. The van der Waals surface area contributed by atoms with Gasteiger partial charge >= 0.3 is 0 Å². The van der Waals surface area contributed by atoms with Gasteiger partial charge in [0.1, 0.15) is 11.6 Å². The summed E-state index contributed by atoms with van der Waals surface area (Å²) in [5.74, 6) is 0.419. The van der Waals surface area contributed by atoms with Crippen LogP contribution in [0, 0.1) is 5.82 Å². The van der Waals surface area contributed by atoms with Crippen LogP contribution in [0.1, 0.15) is 11.1 Å². The van der Waals surface area contributed by atoms with Crippen molar-refractivity contribution < 1.29 is 9.13 Å². The van der Waals surface area contributed by atoms with Crippen molar-refractivity contribution in [2.45, 2.75) is 6.42 Å². The van der Waals surface area contributed by atoms with Crippen molar-refractivity contribution in [2.24, 2.45) is 0 Å². The van der Waals surface area contributed by atoms with Gasteiger partial charge in [-0.2, -0.15) is 0 Å². The quantitative estimate of drug-likeness (QED) is 0.824. The van der Waals surface area contributed by atoms with E-state index in [-0.39, 0.29) is 5.82 Å². The number of anilines is 1. The molecule has 0 heterocycles. The summed E-state index contributed by atoms with van der Waals surface area (Å²) in [6.45, 7) is 0. The zero-order valence-corrected chi connectivity index (χ0v) is 9.61. The molecule has 0 saturated carbocycles. The molecule has 88 valence electrons. The number of benzene rings is 2. The Kier molecular flexibility index (Phi) is 3.28. The van der Waals surface area contributed by atoms with Crippen LogP contribution in [-0.4, -0.2) is 7.11 Å². The number of ether oxygens (including phenoxy) is 1. The molecule has 0 aliphatic heterocycles. The molecule has 0 radical (unpaired) electrons. The first-order valence-electron chi connectivity index (χ1n) is 5.36. The van der Waals surface area contributed by atoms with E-state index in [1.165, 1.54) is 12.1 Å². The van der Waals surface area contributed by atoms with Gasteiger partial charge in [0, 0.05) is 0 Å². The van der Waals surface area contributed by atoms with E-state index in [0.29, 0.717) is 17.9 Å². The van der Waals surface area contributed by atoms with Crippen molar-refractivity contribution >= 4 is 5.69 Å². The van der Waals surface area contributed by atoms with Gasteiger partial charge in [0.05, 0.1) is 12.8 Å². The molecule has 0 bridgehead atoms. The van der Waals surface area contributed by atoms with Gasteiger partial charge in [-0.1, -0.05) is 24.3 Å². The summed E-state index contributed by atoms with van der Waals surface area (Å²) < 4.78 is 18.2. The first-order chi connectivity index (χ1) is 8.20. The van der Waals surface area contributed by atoms with E-state index in [1.807, 2.05) is 24.3 Å². The van der Waals surface area contributed by atoms with Crippen molar-refractivity contribution in [1.82, 2.24) is 0 Å². The minimum Gasteiger partial charge on any atom is -0.495 e. The van der Waals surface area contributed by atoms with Crippen LogP contribution in [0.4, 0.5) is 10.1 Å². The Balaban J connectivity index is 2.30. The zero-order valence-electron chi connectivity index (χ0n) is 9.61. The van der Waals surface area contributed by atoms with Crippen LogP contribution in [0.2, 0.25) is 0 Å². The molecule has 17 heavy (non-hydrogen) atoms. The van der Waals surface area contributed by atoms with E-state index < -0.39 is 0 Å². The summed E-state index contributed by atoms with van der Waals surface area (Å²) in [6.07, 6.45) is 0.598. The molecule has 2 aromatic carbocycles. The van der Waals surface area contributed by atoms with Crippen molar-refractivity contribution in [3.05, 3.63) is 59.4 Å². The Morgan fingerprint density at radius 2 is 1.94 bits per heavy atom. The van der Waals surface area contributed by atoms with Gasteiger partial charge < -0.3 is 10.5 Å². The Labute approximate surface area is 99.8 Å². The molecule has 0 atom stereocenters. The van der Waals surface area contributed by atoms with Crippen LogP contribution in [0.3, 0.4) is 0 Å². The fourth-order valence-corrected chi connectivity index (χ4v) is 1.79. The second-order valence-electron chi connectivity index (χ2n) is 3.84. The molecule has 0 amide bonds. The van der Waals surface area contributed by atoms with Crippen molar-refractivity contribution in [2.75, 3.05) is 12.8 Å². The van der Waals surface area contributed by atoms with Gasteiger partial charge in [0.2, 0.25) is 0 Å². The molecule has 0 aliphatic rings. The Bertz CT molecular complexity index is 525. The number of methoxy groups -OCH3 is 1. The largest absolute Gasteiger partial charge is 0.495 e. The van der Waals surface area contributed by atoms with Crippen LogP contribution >= 0.6 is 0 Å². The third-order valence-electron chi connectivity index (χ3n) is 2.66. The van der Waals surface area contributed by atoms with Crippen LogP contribution < -0.4 is 10.5 Å². The van der Waals surface area contributed by atoms with Gasteiger partial charge in [-0.05, 0) is 35.7 Å². The lowest BCUT2D eigenvalue weighted by molar-refractivity contribution is 0.416. The third kappa shape index (κ3) is 2.56. The van der Waals surface area contributed by atoms with E-state index in [2.05, 4.69) is 0 Å². The molecule has 2 rings (SSSR count). The standard InChI is InChI=1S/C14H14FNO/c1-17-13-7-3-5-11(14(13)16)8-10-4-2-6-12(15)9-10/h2-7,9H,8,16H2,1H3. The summed E-state index contributed by atoms with van der Waals surface area (Å²) in [6, 6.07) is 12.1. The average molecular weight is 231 g/mol. The van der Waals surface area contributed by atoms with E-state index in [4.69, 9.17) is 10.5 Å². The maximum absolute atomic E-state index is 13.1. The van der Waals surface area contributed by atoms with Gasteiger partial charge in [0.25, 0.3) is 0 Å². The number of rotatable bonds is 3. The number of para-hydroxylation sites is 1. The molecule has 0 saturated heterocycles. The summed E-state index contributed by atoms with van der Waals surface area (Å²) in [4.78, 5) is 0. The van der Waals surface area contributed by atoms with Gasteiger partial charge in [0.15, 0.2) is 0 Å². The minimum atomic E-state index is -0.232. The number of nitrogens with two attached hydrogens (primary N) is 1. The number of halogens is 1. The molecule has 2 N–H and O–H groups in total. The molecule has 0 fully saturated rings. The third-order valence-corrected chi connectivity index (χ3v) is 2.66. The number of nitrogen functional groups attached to an aromatic ring is 1. The molecule has 0 unspecified atom stereocenters. The normalized spacial score (nSPS) is 10.2. The van der Waals surface area contributed by atoms with E-state index >= 15 is 0 Å². The fraction of sp³-hybridized carbons (Fsp3) is 0.143. The predicted molar refractivity (Wildman–Crippen MR) is 66.6 cm³/mol. The highest BCUT2D eigenvalue weighted by Gasteiger charge is 2.06. The van der Waals surface area contributed by atoms with Crippen LogP contribution in [0.5, 0.6) is 5.75 Å². The molecular formula is C14H14FNO.